The molecule has 0 unspecified atom stereocenters. The molecule has 32 heavy (non-hydrogen) atoms. The van der Waals surface area contributed by atoms with Gasteiger partial charge in [0.15, 0.2) is 10.8 Å². The highest BCUT2D eigenvalue weighted by molar-refractivity contribution is 7.14. The summed E-state index contributed by atoms with van der Waals surface area (Å²) in [6.07, 6.45) is 0. The molecule has 0 fully saturated rings. The second kappa shape index (κ2) is 9.15. The molecule has 4 aromatic rings. The van der Waals surface area contributed by atoms with Crippen LogP contribution in [0.25, 0.3) is 22.7 Å². The van der Waals surface area contributed by atoms with Crippen LogP contribution in [0, 0.1) is 6.92 Å². The standard InChI is InChI=1S/C24H22N4O3S/c1-14(25-16(3)29)17-9-11-18(12-10-17)20-13-32-24(26-20)28-22(30)21-15(2)31-23(27-21)19-7-5-4-6-8-19/h4-14H,1-3H3,(H,25,29)(H,26,28,30)/t14-/m0/s1. The summed E-state index contributed by atoms with van der Waals surface area (Å²) in [6, 6.07) is 17.2. The van der Waals surface area contributed by atoms with Gasteiger partial charge in [-0.1, -0.05) is 42.5 Å². The number of thiazole rings is 1. The highest BCUT2D eigenvalue weighted by Gasteiger charge is 2.19. The lowest BCUT2D eigenvalue weighted by atomic mass is 10.1. The number of nitrogens with one attached hydrogen (secondary N) is 2. The number of amides is 2. The van der Waals surface area contributed by atoms with Gasteiger partial charge in [-0.05, 0) is 31.5 Å². The maximum Gasteiger partial charge on any atom is 0.279 e. The Morgan fingerprint density at radius 1 is 1.00 bits per heavy atom. The van der Waals surface area contributed by atoms with E-state index >= 15 is 0 Å². The number of nitrogens with zero attached hydrogens (tertiary/aromatic N) is 2. The van der Waals surface area contributed by atoms with Gasteiger partial charge in [-0.15, -0.1) is 11.3 Å². The first kappa shape index (κ1) is 21.5. The van der Waals surface area contributed by atoms with Crippen molar-refractivity contribution in [1.82, 2.24) is 15.3 Å². The highest BCUT2D eigenvalue weighted by atomic mass is 32.1. The quantitative estimate of drug-likeness (QED) is 0.423. The van der Waals surface area contributed by atoms with Gasteiger partial charge >= 0.3 is 0 Å². The average Bonchev–Trinajstić information content (AvgIpc) is 3.41. The predicted octanol–water partition coefficient (Wildman–Crippen LogP) is 5.22. The van der Waals surface area contributed by atoms with Crippen molar-refractivity contribution in [3.63, 3.8) is 0 Å². The molecule has 4 rings (SSSR count). The van der Waals surface area contributed by atoms with Gasteiger partial charge in [-0.2, -0.15) is 0 Å². The molecule has 0 aliphatic carbocycles. The molecular weight excluding hydrogens is 424 g/mol. The van der Waals surface area contributed by atoms with Crippen LogP contribution in [0.1, 0.15) is 41.7 Å². The molecule has 0 saturated carbocycles. The summed E-state index contributed by atoms with van der Waals surface area (Å²) in [5.41, 5.74) is 3.72. The number of aryl methyl sites for hydroxylation is 1. The minimum Gasteiger partial charge on any atom is -0.441 e. The lowest BCUT2D eigenvalue weighted by Gasteiger charge is -2.12. The van der Waals surface area contributed by atoms with E-state index < -0.39 is 0 Å². The number of benzene rings is 2. The van der Waals surface area contributed by atoms with E-state index in [4.69, 9.17) is 4.42 Å². The van der Waals surface area contributed by atoms with Crippen LogP contribution in [-0.2, 0) is 4.79 Å². The maximum atomic E-state index is 12.7. The Hall–Kier alpha value is -3.78. The highest BCUT2D eigenvalue weighted by Crippen LogP contribution is 2.27. The molecule has 0 aliphatic heterocycles. The lowest BCUT2D eigenvalue weighted by Crippen LogP contribution is -2.23. The van der Waals surface area contributed by atoms with E-state index in [-0.39, 0.29) is 23.6 Å². The molecule has 2 aromatic heterocycles. The minimum absolute atomic E-state index is 0.0697. The summed E-state index contributed by atoms with van der Waals surface area (Å²) in [6.45, 7) is 5.14. The third-order valence-corrected chi connectivity index (χ3v) is 5.64. The molecule has 162 valence electrons. The van der Waals surface area contributed by atoms with E-state index in [0.29, 0.717) is 16.8 Å². The van der Waals surface area contributed by atoms with E-state index in [1.165, 1.54) is 18.3 Å². The second-order valence-electron chi connectivity index (χ2n) is 7.33. The smallest absolute Gasteiger partial charge is 0.279 e. The Morgan fingerprint density at radius 3 is 2.41 bits per heavy atom. The number of carbonyl (C=O) groups is 2. The Kier molecular flexibility index (Phi) is 6.13. The van der Waals surface area contributed by atoms with Gasteiger partial charge in [-0.3, -0.25) is 14.9 Å². The second-order valence-corrected chi connectivity index (χ2v) is 8.18. The van der Waals surface area contributed by atoms with Gasteiger partial charge in [0.25, 0.3) is 5.91 Å². The molecule has 2 heterocycles. The van der Waals surface area contributed by atoms with Crippen molar-refractivity contribution >= 4 is 28.3 Å². The number of rotatable bonds is 6. The molecule has 7 nitrogen and oxygen atoms in total. The van der Waals surface area contributed by atoms with E-state index in [9.17, 15) is 9.59 Å². The van der Waals surface area contributed by atoms with Gasteiger partial charge in [0.2, 0.25) is 11.8 Å². The summed E-state index contributed by atoms with van der Waals surface area (Å²) in [4.78, 5) is 32.8. The topological polar surface area (TPSA) is 97.1 Å². The van der Waals surface area contributed by atoms with Gasteiger partial charge < -0.3 is 9.73 Å². The van der Waals surface area contributed by atoms with Crippen molar-refractivity contribution < 1.29 is 14.0 Å². The molecule has 0 radical (unpaired) electrons. The van der Waals surface area contributed by atoms with Crippen LogP contribution in [0.15, 0.2) is 64.4 Å². The van der Waals surface area contributed by atoms with Crippen LogP contribution in [-0.4, -0.2) is 21.8 Å². The normalized spacial score (nSPS) is 11.7. The summed E-state index contributed by atoms with van der Waals surface area (Å²) < 4.78 is 5.67. The van der Waals surface area contributed by atoms with E-state index in [1.807, 2.05) is 66.9 Å². The van der Waals surface area contributed by atoms with Crippen LogP contribution in [0.4, 0.5) is 5.13 Å². The molecule has 0 spiro atoms. The molecular formula is C24H22N4O3S. The Balaban J connectivity index is 1.46. The number of hydrogen-bond donors (Lipinski definition) is 2. The van der Waals surface area contributed by atoms with Crippen LogP contribution in [0.2, 0.25) is 0 Å². The van der Waals surface area contributed by atoms with E-state index in [1.54, 1.807) is 6.92 Å². The zero-order chi connectivity index (χ0) is 22.7. The first-order valence-corrected chi connectivity index (χ1v) is 11.0. The monoisotopic (exact) mass is 446 g/mol. The van der Waals surface area contributed by atoms with Crippen molar-refractivity contribution in [1.29, 1.82) is 0 Å². The Labute approximate surface area is 189 Å². The molecule has 2 amide bonds. The van der Waals surface area contributed by atoms with E-state index in [2.05, 4.69) is 20.6 Å². The predicted molar refractivity (Wildman–Crippen MR) is 124 cm³/mol. The number of carbonyl (C=O) groups excluding carboxylic acids is 2. The fraction of sp³-hybridized carbons (Fsp3) is 0.167. The molecule has 0 aliphatic rings. The van der Waals surface area contributed by atoms with Crippen molar-refractivity contribution in [3.05, 3.63) is 77.0 Å². The SMILES string of the molecule is CC(=O)N[C@@H](C)c1ccc(-c2csc(NC(=O)c3nc(-c4ccccc4)oc3C)n2)cc1. The van der Waals surface area contributed by atoms with Crippen molar-refractivity contribution in [3.8, 4) is 22.7 Å². The summed E-state index contributed by atoms with van der Waals surface area (Å²) in [5.74, 6) is 0.414. The van der Waals surface area contributed by atoms with Gasteiger partial charge in [-0.25, -0.2) is 9.97 Å². The average molecular weight is 447 g/mol. The first-order chi connectivity index (χ1) is 15.4. The van der Waals surface area contributed by atoms with E-state index in [0.717, 1.165) is 22.4 Å². The maximum absolute atomic E-state index is 12.7. The van der Waals surface area contributed by atoms with Gasteiger partial charge in [0.1, 0.15) is 5.76 Å². The van der Waals surface area contributed by atoms with Crippen LogP contribution < -0.4 is 10.6 Å². The zero-order valence-corrected chi connectivity index (χ0v) is 18.7. The third-order valence-electron chi connectivity index (χ3n) is 4.88. The summed E-state index contributed by atoms with van der Waals surface area (Å²) >= 11 is 1.34. The van der Waals surface area contributed by atoms with Crippen LogP contribution in [0.3, 0.4) is 0 Å². The largest absolute Gasteiger partial charge is 0.441 e. The summed E-state index contributed by atoms with van der Waals surface area (Å²) in [7, 11) is 0. The molecule has 8 heteroatoms. The molecule has 2 aromatic carbocycles. The molecule has 2 N–H and O–H groups in total. The van der Waals surface area contributed by atoms with Gasteiger partial charge in [0, 0.05) is 23.4 Å². The Morgan fingerprint density at radius 2 is 1.72 bits per heavy atom. The van der Waals surface area contributed by atoms with Crippen LogP contribution >= 0.6 is 11.3 Å². The van der Waals surface area contributed by atoms with Crippen molar-refractivity contribution in [2.45, 2.75) is 26.8 Å². The zero-order valence-electron chi connectivity index (χ0n) is 17.9. The Bertz CT molecular complexity index is 1250. The summed E-state index contributed by atoms with van der Waals surface area (Å²) in [5, 5.41) is 8.02. The number of anilines is 1. The van der Waals surface area contributed by atoms with Crippen molar-refractivity contribution in [2.24, 2.45) is 0 Å². The number of oxazole rings is 1. The third kappa shape index (κ3) is 4.76. The molecule has 1 atom stereocenters. The first-order valence-electron chi connectivity index (χ1n) is 10.1. The number of hydrogen-bond acceptors (Lipinski definition) is 6. The minimum atomic E-state index is -0.367. The number of aromatic nitrogens is 2. The van der Waals surface area contributed by atoms with Gasteiger partial charge in [0.05, 0.1) is 11.7 Å². The molecule has 0 saturated heterocycles. The fourth-order valence-electron chi connectivity index (χ4n) is 3.26. The fourth-order valence-corrected chi connectivity index (χ4v) is 3.98. The van der Waals surface area contributed by atoms with Crippen LogP contribution in [0.5, 0.6) is 0 Å². The molecule has 0 bridgehead atoms. The lowest BCUT2D eigenvalue weighted by molar-refractivity contribution is -0.119. The van der Waals surface area contributed by atoms with Crippen molar-refractivity contribution in [2.75, 3.05) is 5.32 Å².